The van der Waals surface area contributed by atoms with Crippen LogP contribution in [-0.4, -0.2) is 45.2 Å². The monoisotopic (exact) mass is 263 g/mol. The molecule has 0 aliphatic carbocycles. The molecule has 0 aromatic heterocycles. The van der Waals surface area contributed by atoms with Crippen LogP contribution in [0, 0.1) is 0 Å². The van der Waals surface area contributed by atoms with E-state index in [1.807, 2.05) is 6.92 Å². The third-order valence-corrected chi connectivity index (χ3v) is 4.95. The zero-order valence-corrected chi connectivity index (χ0v) is 11.8. The first-order valence-corrected chi connectivity index (χ1v) is 8.42. The molecule has 0 aromatic rings. The largest absolute Gasteiger partial charge is 0.377 e. The van der Waals surface area contributed by atoms with Crippen LogP contribution in [0.4, 0.5) is 0 Å². The lowest BCUT2D eigenvalue weighted by Crippen LogP contribution is -2.39. The van der Waals surface area contributed by atoms with Crippen LogP contribution in [0.5, 0.6) is 0 Å². The number of hydrogen-bond donors (Lipinski definition) is 1. The summed E-state index contributed by atoms with van der Waals surface area (Å²) in [5.74, 6) is 0.559. The number of rotatable bonds is 8. The van der Waals surface area contributed by atoms with Gasteiger partial charge in [0.1, 0.15) is 0 Å². The van der Waals surface area contributed by atoms with Gasteiger partial charge in [-0.05, 0) is 26.2 Å². The van der Waals surface area contributed by atoms with Crippen molar-refractivity contribution >= 4 is 9.84 Å². The van der Waals surface area contributed by atoms with Gasteiger partial charge in [-0.25, -0.2) is 8.42 Å². The standard InChI is InChI=1S/C12H25NO3S/c1-3-4-9-17(14,15)10-7-13-11(2)12-6-5-8-16-12/h11-13H,3-10H2,1-2H3. The molecule has 0 aromatic carbocycles. The maximum absolute atomic E-state index is 11.6. The predicted molar refractivity (Wildman–Crippen MR) is 70.0 cm³/mol. The Balaban J connectivity index is 2.17. The highest BCUT2D eigenvalue weighted by atomic mass is 32.2. The minimum atomic E-state index is -2.87. The van der Waals surface area contributed by atoms with E-state index in [-0.39, 0.29) is 17.9 Å². The fraction of sp³-hybridized carbons (Fsp3) is 1.00. The summed E-state index contributed by atoms with van der Waals surface area (Å²) in [5, 5.41) is 3.25. The molecule has 1 rings (SSSR count). The van der Waals surface area contributed by atoms with Gasteiger partial charge in [-0.3, -0.25) is 0 Å². The molecule has 0 saturated carbocycles. The van der Waals surface area contributed by atoms with E-state index in [0.717, 1.165) is 32.3 Å². The van der Waals surface area contributed by atoms with Crippen molar-refractivity contribution in [3.63, 3.8) is 0 Å². The van der Waals surface area contributed by atoms with Crippen LogP contribution in [-0.2, 0) is 14.6 Å². The molecule has 2 atom stereocenters. The molecule has 5 heteroatoms. The van der Waals surface area contributed by atoms with Crippen molar-refractivity contribution in [3.05, 3.63) is 0 Å². The van der Waals surface area contributed by atoms with Crippen molar-refractivity contribution in [3.8, 4) is 0 Å². The Morgan fingerprint density at radius 3 is 2.76 bits per heavy atom. The van der Waals surface area contributed by atoms with Crippen molar-refractivity contribution in [1.29, 1.82) is 0 Å². The van der Waals surface area contributed by atoms with Gasteiger partial charge < -0.3 is 10.1 Å². The number of sulfone groups is 1. The number of unbranched alkanes of at least 4 members (excludes halogenated alkanes) is 1. The molecule has 0 amide bonds. The third kappa shape index (κ3) is 5.84. The van der Waals surface area contributed by atoms with Crippen molar-refractivity contribution in [2.24, 2.45) is 0 Å². The second kappa shape index (κ2) is 7.34. The Hall–Kier alpha value is -0.130. The quantitative estimate of drug-likeness (QED) is 0.718. The molecule has 1 aliphatic rings. The molecule has 1 fully saturated rings. The van der Waals surface area contributed by atoms with Gasteiger partial charge in [0.15, 0.2) is 9.84 Å². The molecule has 2 unspecified atom stereocenters. The van der Waals surface area contributed by atoms with Gasteiger partial charge in [0.05, 0.1) is 17.6 Å². The number of hydrogen-bond acceptors (Lipinski definition) is 4. The van der Waals surface area contributed by atoms with Crippen molar-refractivity contribution in [1.82, 2.24) is 5.32 Å². The highest BCUT2D eigenvalue weighted by Crippen LogP contribution is 2.15. The van der Waals surface area contributed by atoms with Gasteiger partial charge in [0.25, 0.3) is 0 Å². The normalized spacial score (nSPS) is 22.8. The van der Waals surface area contributed by atoms with Crippen LogP contribution < -0.4 is 5.32 Å². The SMILES string of the molecule is CCCCS(=O)(=O)CCNC(C)C1CCCO1. The molecule has 1 aliphatic heterocycles. The van der Waals surface area contributed by atoms with Crippen LogP contribution in [0.1, 0.15) is 39.5 Å². The average Bonchev–Trinajstić information content (AvgIpc) is 2.79. The summed E-state index contributed by atoms with van der Waals surface area (Å²) < 4.78 is 28.8. The lowest BCUT2D eigenvalue weighted by molar-refractivity contribution is 0.0844. The third-order valence-electron chi connectivity index (χ3n) is 3.21. The summed E-state index contributed by atoms with van der Waals surface area (Å²) in [6.07, 6.45) is 4.15. The maximum atomic E-state index is 11.6. The smallest absolute Gasteiger partial charge is 0.151 e. The average molecular weight is 263 g/mol. The predicted octanol–water partition coefficient (Wildman–Crippen LogP) is 1.36. The molecule has 0 radical (unpaired) electrons. The molecule has 102 valence electrons. The van der Waals surface area contributed by atoms with Crippen molar-refractivity contribution < 1.29 is 13.2 Å². The summed E-state index contributed by atoms with van der Waals surface area (Å²) in [6.45, 7) is 5.44. The molecule has 1 saturated heterocycles. The van der Waals surface area contributed by atoms with Crippen molar-refractivity contribution in [2.45, 2.75) is 51.7 Å². The topological polar surface area (TPSA) is 55.4 Å². The number of ether oxygens (including phenoxy) is 1. The lowest BCUT2D eigenvalue weighted by Gasteiger charge is -2.19. The lowest BCUT2D eigenvalue weighted by atomic mass is 10.1. The Labute approximate surface area is 105 Å². The van der Waals surface area contributed by atoms with Crippen LogP contribution in [0.15, 0.2) is 0 Å². The van der Waals surface area contributed by atoms with E-state index >= 15 is 0 Å². The molecule has 0 spiro atoms. The Bertz CT molecular complexity index is 297. The summed E-state index contributed by atoms with van der Waals surface area (Å²) in [6, 6.07) is 0.249. The summed E-state index contributed by atoms with van der Waals surface area (Å²) in [7, 11) is -2.87. The summed E-state index contributed by atoms with van der Waals surface area (Å²) >= 11 is 0. The van der Waals surface area contributed by atoms with Crippen LogP contribution in [0.25, 0.3) is 0 Å². The number of nitrogens with one attached hydrogen (secondary N) is 1. The zero-order chi connectivity index (χ0) is 12.7. The highest BCUT2D eigenvalue weighted by molar-refractivity contribution is 7.91. The summed E-state index contributed by atoms with van der Waals surface area (Å²) in [4.78, 5) is 0. The minimum Gasteiger partial charge on any atom is -0.377 e. The second-order valence-electron chi connectivity index (χ2n) is 4.80. The minimum absolute atomic E-state index is 0.240. The maximum Gasteiger partial charge on any atom is 0.151 e. The molecule has 1 heterocycles. The molecule has 17 heavy (non-hydrogen) atoms. The first-order chi connectivity index (χ1) is 8.05. The van der Waals surface area contributed by atoms with E-state index in [2.05, 4.69) is 12.2 Å². The molecule has 4 nitrogen and oxygen atoms in total. The van der Waals surface area contributed by atoms with Gasteiger partial charge in [-0.1, -0.05) is 13.3 Å². The Morgan fingerprint density at radius 1 is 1.41 bits per heavy atom. The highest BCUT2D eigenvalue weighted by Gasteiger charge is 2.22. The van der Waals surface area contributed by atoms with E-state index in [0.29, 0.717) is 12.3 Å². The first kappa shape index (κ1) is 14.9. The fourth-order valence-electron chi connectivity index (χ4n) is 2.04. The molecular weight excluding hydrogens is 238 g/mol. The Morgan fingerprint density at radius 2 is 2.18 bits per heavy atom. The van der Waals surface area contributed by atoms with E-state index in [9.17, 15) is 8.42 Å². The van der Waals surface area contributed by atoms with Gasteiger partial charge >= 0.3 is 0 Å². The Kier molecular flexibility index (Phi) is 6.44. The van der Waals surface area contributed by atoms with Crippen molar-refractivity contribution in [2.75, 3.05) is 24.7 Å². The fourth-order valence-corrected chi connectivity index (χ4v) is 3.40. The van der Waals surface area contributed by atoms with E-state index in [1.54, 1.807) is 0 Å². The van der Waals surface area contributed by atoms with E-state index in [1.165, 1.54) is 0 Å². The zero-order valence-electron chi connectivity index (χ0n) is 10.9. The van der Waals surface area contributed by atoms with Gasteiger partial charge in [-0.15, -0.1) is 0 Å². The van der Waals surface area contributed by atoms with Gasteiger partial charge in [-0.2, -0.15) is 0 Å². The van der Waals surface area contributed by atoms with Crippen LogP contribution >= 0.6 is 0 Å². The second-order valence-corrected chi connectivity index (χ2v) is 7.10. The van der Waals surface area contributed by atoms with E-state index in [4.69, 9.17) is 4.74 Å². The molecular formula is C12H25NO3S. The van der Waals surface area contributed by atoms with E-state index < -0.39 is 9.84 Å². The first-order valence-electron chi connectivity index (χ1n) is 6.60. The van der Waals surface area contributed by atoms with Gasteiger partial charge in [0, 0.05) is 19.2 Å². The van der Waals surface area contributed by atoms with Crippen LogP contribution in [0.3, 0.4) is 0 Å². The van der Waals surface area contributed by atoms with Crippen LogP contribution in [0.2, 0.25) is 0 Å². The molecule has 1 N–H and O–H groups in total. The summed E-state index contributed by atoms with van der Waals surface area (Å²) in [5.41, 5.74) is 0. The molecule has 0 bridgehead atoms. The van der Waals surface area contributed by atoms with Gasteiger partial charge in [0.2, 0.25) is 0 Å².